The van der Waals surface area contributed by atoms with Gasteiger partial charge in [0.15, 0.2) is 0 Å². The van der Waals surface area contributed by atoms with Crippen LogP contribution in [0, 0.1) is 10.8 Å². The topological polar surface area (TPSA) is 36.9 Å². The molecule has 0 aromatic heterocycles. The van der Waals surface area contributed by atoms with Gasteiger partial charge in [-0.25, -0.2) is 0 Å². The van der Waals surface area contributed by atoms with Crippen LogP contribution in [-0.2, 0) is 14.9 Å². The summed E-state index contributed by atoms with van der Waals surface area (Å²) in [7, 11) is 0. The molecule has 32 heavy (non-hydrogen) atoms. The quantitative estimate of drug-likeness (QED) is 0.438. The minimum absolute atomic E-state index is 0.0443. The highest BCUT2D eigenvalue weighted by atomic mass is 16.5. The molecule has 0 unspecified atom stereocenters. The number of hydrogen-bond acceptors (Lipinski definition) is 4. The number of benzene rings is 3. The molecule has 0 N–H and O–H groups in total. The number of ether oxygens (including phenoxy) is 4. The summed E-state index contributed by atoms with van der Waals surface area (Å²) in [4.78, 5) is 0. The first kappa shape index (κ1) is 21.5. The van der Waals surface area contributed by atoms with E-state index in [9.17, 15) is 0 Å². The monoisotopic (exact) mass is 434 g/mol. The molecule has 2 aliphatic rings. The Morgan fingerprint density at radius 3 is 1.62 bits per heavy atom. The van der Waals surface area contributed by atoms with Gasteiger partial charge < -0.3 is 18.9 Å². The summed E-state index contributed by atoms with van der Waals surface area (Å²) in [5.74, 6) is 1.88. The fourth-order valence-electron chi connectivity index (χ4n) is 4.44. The molecule has 0 aliphatic carbocycles. The van der Waals surface area contributed by atoms with Gasteiger partial charge in [-0.2, -0.15) is 0 Å². The maximum absolute atomic E-state index is 6.58. The van der Waals surface area contributed by atoms with Crippen molar-refractivity contribution in [3.05, 3.63) is 48.0 Å². The van der Waals surface area contributed by atoms with E-state index in [0.29, 0.717) is 13.2 Å². The SMILES string of the molecule is CC1(COc2c3ccccc3c(OCC3(C)COC3)c3cc(C(C)(C)C)ccc23)COC1. The Morgan fingerprint density at radius 1 is 0.719 bits per heavy atom. The second-order valence-electron chi connectivity index (χ2n) is 11.4. The lowest BCUT2D eigenvalue weighted by Gasteiger charge is -2.38. The second kappa shape index (κ2) is 7.64. The minimum Gasteiger partial charge on any atom is -0.492 e. The summed E-state index contributed by atoms with van der Waals surface area (Å²) in [6.07, 6.45) is 0. The zero-order valence-electron chi connectivity index (χ0n) is 19.9. The Morgan fingerprint density at radius 2 is 1.19 bits per heavy atom. The molecule has 4 heteroatoms. The van der Waals surface area contributed by atoms with Gasteiger partial charge in [0.2, 0.25) is 0 Å². The molecule has 5 rings (SSSR count). The average molecular weight is 435 g/mol. The molecule has 0 amide bonds. The lowest BCUT2D eigenvalue weighted by atomic mass is 9.85. The van der Waals surface area contributed by atoms with Gasteiger partial charge in [0.05, 0.1) is 39.6 Å². The Balaban J connectivity index is 1.67. The lowest BCUT2D eigenvalue weighted by Crippen LogP contribution is -2.44. The Hall–Kier alpha value is -2.30. The van der Waals surface area contributed by atoms with Crippen LogP contribution in [0.4, 0.5) is 0 Å². The van der Waals surface area contributed by atoms with Crippen molar-refractivity contribution in [3.63, 3.8) is 0 Å². The first-order valence-electron chi connectivity index (χ1n) is 11.6. The van der Waals surface area contributed by atoms with Crippen LogP contribution in [0.1, 0.15) is 40.2 Å². The zero-order valence-corrected chi connectivity index (χ0v) is 19.9. The summed E-state index contributed by atoms with van der Waals surface area (Å²) < 4.78 is 24.0. The van der Waals surface area contributed by atoms with Crippen molar-refractivity contribution in [2.24, 2.45) is 10.8 Å². The van der Waals surface area contributed by atoms with E-state index >= 15 is 0 Å². The van der Waals surface area contributed by atoms with Gasteiger partial charge in [-0.05, 0) is 17.0 Å². The number of hydrogen-bond donors (Lipinski definition) is 0. The van der Waals surface area contributed by atoms with E-state index in [-0.39, 0.29) is 16.2 Å². The fourth-order valence-corrected chi connectivity index (χ4v) is 4.44. The predicted molar refractivity (Wildman–Crippen MR) is 129 cm³/mol. The van der Waals surface area contributed by atoms with E-state index in [4.69, 9.17) is 18.9 Å². The van der Waals surface area contributed by atoms with Crippen molar-refractivity contribution >= 4 is 21.5 Å². The molecule has 3 aromatic carbocycles. The fraction of sp³-hybridized carbons (Fsp3) is 0.500. The summed E-state index contributed by atoms with van der Waals surface area (Å²) >= 11 is 0. The minimum atomic E-state index is 0.0443. The first-order chi connectivity index (χ1) is 15.2. The van der Waals surface area contributed by atoms with Crippen molar-refractivity contribution in [1.82, 2.24) is 0 Å². The van der Waals surface area contributed by atoms with Gasteiger partial charge in [-0.1, -0.05) is 71.0 Å². The second-order valence-corrected chi connectivity index (χ2v) is 11.4. The van der Waals surface area contributed by atoms with Crippen LogP contribution in [0.15, 0.2) is 42.5 Å². The van der Waals surface area contributed by atoms with Crippen molar-refractivity contribution in [1.29, 1.82) is 0 Å². The highest BCUT2D eigenvalue weighted by Crippen LogP contribution is 2.45. The smallest absolute Gasteiger partial charge is 0.135 e. The first-order valence-corrected chi connectivity index (χ1v) is 11.6. The molecule has 2 aliphatic heterocycles. The van der Waals surface area contributed by atoms with Crippen LogP contribution >= 0.6 is 0 Å². The Bertz CT molecular complexity index is 1150. The van der Waals surface area contributed by atoms with Crippen LogP contribution in [0.5, 0.6) is 11.5 Å². The largest absolute Gasteiger partial charge is 0.492 e. The maximum Gasteiger partial charge on any atom is 0.135 e. The summed E-state index contributed by atoms with van der Waals surface area (Å²) in [5, 5.41) is 4.41. The van der Waals surface area contributed by atoms with Crippen LogP contribution < -0.4 is 9.47 Å². The molecule has 0 saturated carbocycles. The van der Waals surface area contributed by atoms with Gasteiger partial charge >= 0.3 is 0 Å². The molecule has 2 fully saturated rings. The Labute approximate surface area is 190 Å². The van der Waals surface area contributed by atoms with Crippen molar-refractivity contribution < 1.29 is 18.9 Å². The Kier molecular flexibility index (Phi) is 5.14. The highest BCUT2D eigenvalue weighted by molar-refractivity contribution is 6.11. The van der Waals surface area contributed by atoms with Gasteiger partial charge in [-0.15, -0.1) is 0 Å². The van der Waals surface area contributed by atoms with Crippen LogP contribution in [0.25, 0.3) is 21.5 Å². The molecule has 0 atom stereocenters. The van der Waals surface area contributed by atoms with E-state index in [2.05, 4.69) is 77.1 Å². The van der Waals surface area contributed by atoms with Gasteiger partial charge in [0.25, 0.3) is 0 Å². The van der Waals surface area contributed by atoms with E-state index < -0.39 is 0 Å². The lowest BCUT2D eigenvalue weighted by molar-refractivity contribution is -0.120. The highest BCUT2D eigenvalue weighted by Gasteiger charge is 2.36. The molecule has 2 heterocycles. The average Bonchev–Trinajstić information content (AvgIpc) is 2.72. The molecule has 4 nitrogen and oxygen atoms in total. The van der Waals surface area contributed by atoms with Crippen molar-refractivity contribution in [3.8, 4) is 11.5 Å². The molecular formula is C28H34O4. The number of rotatable bonds is 6. The van der Waals surface area contributed by atoms with Gasteiger partial charge in [0.1, 0.15) is 11.5 Å². The maximum atomic E-state index is 6.58. The summed E-state index contributed by atoms with van der Waals surface area (Å²) in [6.45, 7) is 15.5. The molecule has 170 valence electrons. The standard InChI is InChI=1S/C28H34O4/c1-26(2,3)19-10-11-22-23(12-19)25(32-18-28(5)15-30-16-28)21-9-7-6-8-20(21)24(22)31-17-27(4)13-29-14-27/h6-12H,13-18H2,1-5H3. The third kappa shape index (κ3) is 3.84. The van der Waals surface area contributed by atoms with Gasteiger partial charge in [0, 0.05) is 32.4 Å². The summed E-state index contributed by atoms with van der Waals surface area (Å²) in [6, 6.07) is 15.2. The van der Waals surface area contributed by atoms with Crippen molar-refractivity contribution in [2.75, 3.05) is 39.6 Å². The van der Waals surface area contributed by atoms with E-state index in [1.54, 1.807) is 0 Å². The predicted octanol–water partition coefficient (Wildman–Crippen LogP) is 6.12. The molecule has 3 aromatic rings. The molecule has 0 bridgehead atoms. The molecule has 0 radical (unpaired) electrons. The normalized spacial score (nSPS) is 19.4. The van der Waals surface area contributed by atoms with Crippen LogP contribution in [-0.4, -0.2) is 39.6 Å². The number of fused-ring (bicyclic) bond motifs is 2. The van der Waals surface area contributed by atoms with E-state index in [1.165, 1.54) is 5.56 Å². The molecule has 0 spiro atoms. The zero-order chi connectivity index (χ0) is 22.6. The van der Waals surface area contributed by atoms with E-state index in [1.807, 2.05) is 0 Å². The summed E-state index contributed by atoms with van der Waals surface area (Å²) in [5.41, 5.74) is 1.48. The third-order valence-electron chi connectivity index (χ3n) is 6.72. The molecule has 2 saturated heterocycles. The van der Waals surface area contributed by atoms with Crippen molar-refractivity contribution in [2.45, 2.75) is 40.0 Å². The van der Waals surface area contributed by atoms with Crippen LogP contribution in [0.2, 0.25) is 0 Å². The van der Waals surface area contributed by atoms with Gasteiger partial charge in [-0.3, -0.25) is 0 Å². The van der Waals surface area contributed by atoms with Crippen LogP contribution in [0.3, 0.4) is 0 Å². The van der Waals surface area contributed by atoms with E-state index in [0.717, 1.165) is 59.5 Å². The molecular weight excluding hydrogens is 400 g/mol. The third-order valence-corrected chi connectivity index (χ3v) is 6.72.